The zero-order valence-corrected chi connectivity index (χ0v) is 13.9. The van der Waals surface area contributed by atoms with Crippen LogP contribution in [0.15, 0.2) is 54.5 Å². The molecule has 1 aliphatic heterocycles. The van der Waals surface area contributed by atoms with Crippen LogP contribution in [-0.4, -0.2) is 19.4 Å². The van der Waals surface area contributed by atoms with E-state index in [0.717, 1.165) is 18.5 Å². The van der Waals surface area contributed by atoms with Crippen molar-refractivity contribution in [2.45, 2.75) is 48.5 Å². The minimum Gasteiger partial charge on any atom is -0.387 e. The van der Waals surface area contributed by atoms with Gasteiger partial charge < -0.3 is 9.67 Å². The lowest BCUT2D eigenvalue weighted by Gasteiger charge is -2.31. The van der Waals surface area contributed by atoms with Crippen molar-refractivity contribution in [1.29, 1.82) is 0 Å². The van der Waals surface area contributed by atoms with E-state index < -0.39 is 6.10 Å². The van der Waals surface area contributed by atoms with Gasteiger partial charge in [0.1, 0.15) is 0 Å². The monoisotopic (exact) mass is 314 g/mol. The number of fused-ring (bicyclic) bond motifs is 1. The molecule has 1 aliphatic rings. The van der Waals surface area contributed by atoms with E-state index in [2.05, 4.69) is 43.6 Å². The highest BCUT2D eigenvalue weighted by Crippen LogP contribution is 2.55. The standard InChI is InChI=1S/C18H22N2OS/c1-4-7-18(11-20-9-8-19-12-20)17(21)15-6-5-14(13(2)3)10-16(15)22-18/h4-6,8-10,12-13,17,21H,1,7,11H2,2-3H3/t17-,18-/m0/s1. The lowest BCUT2D eigenvalue weighted by Crippen LogP contribution is -2.33. The molecule has 0 fully saturated rings. The third-order valence-electron chi connectivity index (χ3n) is 4.31. The maximum absolute atomic E-state index is 10.9. The summed E-state index contributed by atoms with van der Waals surface area (Å²) in [5, 5.41) is 10.9. The van der Waals surface area contributed by atoms with E-state index in [9.17, 15) is 5.11 Å². The van der Waals surface area contributed by atoms with Crippen LogP contribution in [0.1, 0.15) is 43.4 Å². The fourth-order valence-electron chi connectivity index (χ4n) is 3.05. The van der Waals surface area contributed by atoms with Gasteiger partial charge in [-0.2, -0.15) is 0 Å². The fourth-order valence-corrected chi connectivity index (χ4v) is 4.64. The second-order valence-electron chi connectivity index (χ2n) is 6.25. The summed E-state index contributed by atoms with van der Waals surface area (Å²) in [6.45, 7) is 9.00. The highest BCUT2D eigenvalue weighted by Gasteiger charge is 2.46. The maximum Gasteiger partial charge on any atom is 0.0971 e. The fraction of sp³-hybridized carbons (Fsp3) is 0.389. The summed E-state index contributed by atoms with van der Waals surface area (Å²) in [5.41, 5.74) is 2.35. The van der Waals surface area contributed by atoms with Crippen molar-refractivity contribution in [3.63, 3.8) is 0 Å². The summed E-state index contributed by atoms with van der Waals surface area (Å²) in [5.74, 6) is 0.492. The number of benzene rings is 1. The van der Waals surface area contributed by atoms with E-state index in [0.29, 0.717) is 5.92 Å². The first kappa shape index (κ1) is 15.4. The first-order valence-electron chi connectivity index (χ1n) is 7.63. The molecule has 2 aromatic rings. The smallest absolute Gasteiger partial charge is 0.0971 e. The number of aromatic nitrogens is 2. The zero-order chi connectivity index (χ0) is 15.7. The molecule has 116 valence electrons. The van der Waals surface area contributed by atoms with E-state index in [1.807, 2.05) is 16.8 Å². The van der Waals surface area contributed by atoms with Gasteiger partial charge in [0.05, 0.1) is 17.2 Å². The number of hydrogen-bond donors (Lipinski definition) is 1. The van der Waals surface area contributed by atoms with Crippen LogP contribution < -0.4 is 0 Å². The van der Waals surface area contributed by atoms with Gasteiger partial charge >= 0.3 is 0 Å². The molecule has 4 heteroatoms. The molecule has 0 saturated heterocycles. The van der Waals surface area contributed by atoms with E-state index in [4.69, 9.17) is 0 Å². The van der Waals surface area contributed by atoms with Crippen LogP contribution in [0.25, 0.3) is 0 Å². The Bertz CT molecular complexity index is 666. The average molecular weight is 314 g/mol. The van der Waals surface area contributed by atoms with Gasteiger partial charge in [0.2, 0.25) is 0 Å². The van der Waals surface area contributed by atoms with Gasteiger partial charge in [0.15, 0.2) is 0 Å². The van der Waals surface area contributed by atoms with Crippen LogP contribution >= 0.6 is 11.8 Å². The quantitative estimate of drug-likeness (QED) is 0.842. The predicted molar refractivity (Wildman–Crippen MR) is 91.1 cm³/mol. The van der Waals surface area contributed by atoms with Crippen LogP contribution in [-0.2, 0) is 6.54 Å². The van der Waals surface area contributed by atoms with Crippen molar-refractivity contribution in [2.75, 3.05) is 0 Å². The molecule has 22 heavy (non-hydrogen) atoms. The van der Waals surface area contributed by atoms with Crippen LogP contribution in [0.5, 0.6) is 0 Å². The predicted octanol–water partition coefficient (Wildman–Crippen LogP) is 4.16. The van der Waals surface area contributed by atoms with Crippen LogP contribution in [0.4, 0.5) is 0 Å². The van der Waals surface area contributed by atoms with Gasteiger partial charge in [-0.3, -0.25) is 0 Å². The molecular formula is C18H22N2OS. The molecule has 2 atom stereocenters. The van der Waals surface area contributed by atoms with Gasteiger partial charge in [-0.15, -0.1) is 18.3 Å². The average Bonchev–Trinajstić information content (AvgIpc) is 3.07. The Morgan fingerprint density at radius 3 is 2.95 bits per heavy atom. The molecular weight excluding hydrogens is 292 g/mol. The summed E-state index contributed by atoms with van der Waals surface area (Å²) >= 11 is 1.78. The molecule has 0 saturated carbocycles. The Labute approximate surface area is 136 Å². The summed E-state index contributed by atoms with van der Waals surface area (Å²) in [6, 6.07) is 6.45. The zero-order valence-electron chi connectivity index (χ0n) is 13.1. The van der Waals surface area contributed by atoms with Crippen LogP contribution in [0, 0.1) is 0 Å². The van der Waals surface area contributed by atoms with Crippen molar-refractivity contribution in [1.82, 2.24) is 9.55 Å². The molecule has 3 nitrogen and oxygen atoms in total. The molecule has 1 aromatic heterocycles. The Kier molecular flexibility index (Phi) is 4.15. The van der Waals surface area contributed by atoms with Gasteiger partial charge in [0.25, 0.3) is 0 Å². The molecule has 0 radical (unpaired) electrons. The number of aliphatic hydroxyl groups is 1. The molecule has 0 amide bonds. The molecule has 2 heterocycles. The molecule has 0 bridgehead atoms. The Hall–Kier alpha value is -1.52. The number of imidazole rings is 1. The van der Waals surface area contributed by atoms with Gasteiger partial charge in [0, 0.05) is 23.8 Å². The maximum atomic E-state index is 10.9. The minimum atomic E-state index is -0.492. The van der Waals surface area contributed by atoms with E-state index in [1.54, 1.807) is 24.3 Å². The van der Waals surface area contributed by atoms with Crippen molar-refractivity contribution < 1.29 is 5.11 Å². The normalized spacial score (nSPS) is 23.7. The summed E-state index contributed by atoms with van der Waals surface area (Å²) in [7, 11) is 0. The topological polar surface area (TPSA) is 38.0 Å². The van der Waals surface area contributed by atoms with Crippen molar-refractivity contribution in [2.24, 2.45) is 0 Å². The van der Waals surface area contributed by atoms with E-state index in [1.165, 1.54) is 10.5 Å². The van der Waals surface area contributed by atoms with Gasteiger partial charge in [-0.1, -0.05) is 32.1 Å². The number of nitrogens with zero attached hydrogens (tertiary/aromatic N) is 2. The number of hydrogen-bond acceptors (Lipinski definition) is 3. The summed E-state index contributed by atoms with van der Waals surface area (Å²) in [6.07, 6.45) is 7.69. The first-order chi connectivity index (χ1) is 10.6. The Morgan fingerprint density at radius 2 is 2.32 bits per heavy atom. The van der Waals surface area contributed by atoms with E-state index >= 15 is 0 Å². The molecule has 0 aliphatic carbocycles. The third-order valence-corrected chi connectivity index (χ3v) is 5.81. The SMILES string of the molecule is C=CC[C@@]1(Cn2ccnc2)Sc2cc(C(C)C)ccc2[C@@H]1O. The number of aliphatic hydroxyl groups excluding tert-OH is 1. The number of thioether (sulfide) groups is 1. The summed E-state index contributed by atoms with van der Waals surface area (Å²) < 4.78 is 1.73. The van der Waals surface area contributed by atoms with Crippen molar-refractivity contribution in [3.8, 4) is 0 Å². The molecule has 3 rings (SSSR count). The van der Waals surface area contributed by atoms with Crippen molar-refractivity contribution >= 4 is 11.8 Å². The van der Waals surface area contributed by atoms with Crippen molar-refractivity contribution in [3.05, 3.63) is 60.7 Å². The second kappa shape index (κ2) is 5.94. The first-order valence-corrected chi connectivity index (χ1v) is 8.45. The molecule has 0 unspecified atom stereocenters. The van der Waals surface area contributed by atoms with Crippen LogP contribution in [0.3, 0.4) is 0 Å². The third kappa shape index (κ3) is 2.61. The molecule has 1 N–H and O–H groups in total. The highest BCUT2D eigenvalue weighted by atomic mass is 32.2. The largest absolute Gasteiger partial charge is 0.387 e. The Balaban J connectivity index is 1.97. The number of rotatable bonds is 5. The second-order valence-corrected chi connectivity index (χ2v) is 7.71. The van der Waals surface area contributed by atoms with Gasteiger partial charge in [-0.05, 0) is 29.5 Å². The minimum absolute atomic E-state index is 0.305. The lowest BCUT2D eigenvalue weighted by molar-refractivity contribution is 0.123. The highest BCUT2D eigenvalue weighted by molar-refractivity contribution is 8.01. The molecule has 0 spiro atoms. The Morgan fingerprint density at radius 1 is 1.50 bits per heavy atom. The number of allylic oxidation sites excluding steroid dienone is 1. The summed E-state index contributed by atoms with van der Waals surface area (Å²) in [4.78, 5) is 5.31. The van der Waals surface area contributed by atoms with Gasteiger partial charge in [-0.25, -0.2) is 4.98 Å². The van der Waals surface area contributed by atoms with E-state index in [-0.39, 0.29) is 4.75 Å². The lowest BCUT2D eigenvalue weighted by atomic mass is 9.91. The van der Waals surface area contributed by atoms with Crippen LogP contribution in [0.2, 0.25) is 0 Å². The molecule has 1 aromatic carbocycles.